The quantitative estimate of drug-likeness (QED) is 0.332. The SMILES string of the molecule is Cc1n(CCOC(=O)C(c2ccccc2)C2(O)CC=CS2)cc[n+]1CCc1ccccc1.[Br-]. The molecule has 1 aliphatic heterocycles. The maximum Gasteiger partial charge on any atom is 0.317 e. The Balaban J connectivity index is 0.00000306. The van der Waals surface area contributed by atoms with E-state index in [1.807, 2.05) is 54.1 Å². The number of aliphatic hydroxyl groups is 1. The molecule has 0 radical (unpaired) electrons. The summed E-state index contributed by atoms with van der Waals surface area (Å²) in [5.41, 5.74) is 2.08. The van der Waals surface area contributed by atoms with E-state index >= 15 is 0 Å². The van der Waals surface area contributed by atoms with Gasteiger partial charge in [0.2, 0.25) is 0 Å². The Morgan fingerprint density at radius 2 is 1.88 bits per heavy atom. The van der Waals surface area contributed by atoms with E-state index in [2.05, 4.69) is 46.5 Å². The van der Waals surface area contributed by atoms with Crippen LogP contribution >= 0.6 is 11.8 Å². The molecule has 2 heterocycles. The number of carbonyl (C=O) groups excluding carboxylic acids is 1. The molecule has 174 valence electrons. The number of hydrogen-bond acceptors (Lipinski definition) is 4. The Labute approximate surface area is 209 Å². The van der Waals surface area contributed by atoms with Crippen LogP contribution in [0.25, 0.3) is 0 Å². The summed E-state index contributed by atoms with van der Waals surface area (Å²) in [6.07, 6.45) is 7.37. The zero-order chi connectivity index (χ0) is 22.4. The largest absolute Gasteiger partial charge is 1.00 e. The van der Waals surface area contributed by atoms with Crippen LogP contribution in [0.3, 0.4) is 0 Å². The molecule has 4 rings (SSSR count). The van der Waals surface area contributed by atoms with Gasteiger partial charge in [-0.15, -0.1) is 0 Å². The van der Waals surface area contributed by atoms with Crippen LogP contribution in [0.1, 0.15) is 29.3 Å². The van der Waals surface area contributed by atoms with Crippen LogP contribution in [0, 0.1) is 6.92 Å². The highest BCUT2D eigenvalue weighted by molar-refractivity contribution is 8.03. The first kappa shape index (κ1) is 25.3. The normalized spacial score (nSPS) is 18.0. The summed E-state index contributed by atoms with van der Waals surface area (Å²) >= 11 is 1.28. The van der Waals surface area contributed by atoms with Gasteiger partial charge in [-0.05, 0) is 16.5 Å². The number of imidazole rings is 1. The van der Waals surface area contributed by atoms with Crippen molar-refractivity contribution in [1.82, 2.24) is 4.57 Å². The van der Waals surface area contributed by atoms with Gasteiger partial charge in [0.05, 0.1) is 6.54 Å². The molecule has 2 aromatic carbocycles. The summed E-state index contributed by atoms with van der Waals surface area (Å²) in [5.74, 6) is -0.00676. The smallest absolute Gasteiger partial charge is 0.317 e. The van der Waals surface area contributed by atoms with Crippen molar-refractivity contribution in [3.63, 3.8) is 0 Å². The molecule has 0 bridgehead atoms. The third kappa shape index (κ3) is 6.16. The van der Waals surface area contributed by atoms with Crippen molar-refractivity contribution in [2.24, 2.45) is 0 Å². The number of aryl methyl sites for hydroxylation is 2. The minimum absolute atomic E-state index is 0. The van der Waals surface area contributed by atoms with Crippen molar-refractivity contribution in [1.29, 1.82) is 0 Å². The molecule has 1 aliphatic rings. The lowest BCUT2D eigenvalue weighted by Gasteiger charge is -2.30. The molecule has 0 fully saturated rings. The Hall–Kier alpha value is -2.35. The van der Waals surface area contributed by atoms with Crippen LogP contribution in [0.2, 0.25) is 0 Å². The fraction of sp³-hybridized carbons (Fsp3) is 0.308. The molecule has 0 saturated carbocycles. The molecule has 2 atom stereocenters. The summed E-state index contributed by atoms with van der Waals surface area (Å²) in [4.78, 5) is 11.8. The van der Waals surface area contributed by atoms with Gasteiger partial charge in [0.25, 0.3) is 5.82 Å². The van der Waals surface area contributed by atoms with Gasteiger partial charge in [-0.1, -0.05) is 78.5 Å². The molecule has 5 nitrogen and oxygen atoms in total. The van der Waals surface area contributed by atoms with Gasteiger partial charge in [-0.2, -0.15) is 0 Å². The molecule has 0 spiro atoms. The Morgan fingerprint density at radius 3 is 2.55 bits per heavy atom. The average Bonchev–Trinajstić information content (AvgIpc) is 3.40. The zero-order valence-corrected chi connectivity index (χ0v) is 21.0. The molecule has 3 aromatic rings. The summed E-state index contributed by atoms with van der Waals surface area (Å²) in [6, 6.07) is 19.8. The molecule has 0 amide bonds. The van der Waals surface area contributed by atoms with Crippen LogP contribution in [0.5, 0.6) is 0 Å². The van der Waals surface area contributed by atoms with E-state index in [1.54, 1.807) is 0 Å². The topological polar surface area (TPSA) is 55.3 Å². The van der Waals surface area contributed by atoms with Crippen LogP contribution in [0.15, 0.2) is 84.5 Å². The molecule has 0 saturated heterocycles. The molecule has 7 heteroatoms. The van der Waals surface area contributed by atoms with Gasteiger partial charge in [0.1, 0.15) is 36.4 Å². The second-order valence-corrected chi connectivity index (χ2v) is 9.23. The van der Waals surface area contributed by atoms with E-state index in [1.165, 1.54) is 17.3 Å². The molecular formula is C26H29BrN2O3S. The second-order valence-electron chi connectivity index (χ2n) is 8.02. The van der Waals surface area contributed by atoms with E-state index in [-0.39, 0.29) is 23.6 Å². The minimum atomic E-state index is -1.21. The lowest BCUT2D eigenvalue weighted by molar-refractivity contribution is -0.702. The van der Waals surface area contributed by atoms with Gasteiger partial charge in [-0.3, -0.25) is 4.79 Å². The van der Waals surface area contributed by atoms with Crippen LogP contribution in [-0.4, -0.2) is 27.2 Å². The number of ether oxygens (including phenoxy) is 1. The summed E-state index contributed by atoms with van der Waals surface area (Å²) in [6.45, 7) is 3.80. The minimum Gasteiger partial charge on any atom is -1.00 e. The average molecular weight is 530 g/mol. The summed E-state index contributed by atoms with van der Waals surface area (Å²) in [5, 5.41) is 12.9. The van der Waals surface area contributed by atoms with E-state index in [0.29, 0.717) is 13.0 Å². The molecule has 0 aliphatic carbocycles. The molecular weight excluding hydrogens is 500 g/mol. The fourth-order valence-electron chi connectivity index (χ4n) is 4.08. The third-order valence-electron chi connectivity index (χ3n) is 5.92. The lowest BCUT2D eigenvalue weighted by Crippen LogP contribution is -3.00. The number of halogens is 1. The predicted octanol–water partition coefficient (Wildman–Crippen LogP) is 0.997. The number of nitrogens with zero attached hydrogens (tertiary/aromatic N) is 2. The standard InChI is InChI=1S/C26H29N2O3S.BrH/c1-21-27(15-13-22-9-4-2-5-10-22)16-17-28(21)18-19-31-25(29)24(23-11-6-3-7-12-23)26(30)14-8-20-32-26;/h2-12,16-17,20,24,30H,13-15,18-19H2,1H3;1H/q+1;/p-1. The van der Waals surface area contributed by atoms with Crippen LogP contribution in [0.4, 0.5) is 0 Å². The monoisotopic (exact) mass is 528 g/mol. The molecule has 1 N–H and O–H groups in total. The predicted molar refractivity (Wildman–Crippen MR) is 126 cm³/mol. The first-order valence-electron chi connectivity index (χ1n) is 10.9. The first-order chi connectivity index (χ1) is 15.6. The first-order valence-corrected chi connectivity index (χ1v) is 11.8. The highest BCUT2D eigenvalue weighted by atomic mass is 79.9. The van der Waals surface area contributed by atoms with Gasteiger partial charge < -0.3 is 26.8 Å². The van der Waals surface area contributed by atoms with Crippen molar-refractivity contribution in [2.75, 3.05) is 6.61 Å². The van der Waals surface area contributed by atoms with Gasteiger partial charge >= 0.3 is 5.97 Å². The molecule has 2 unspecified atom stereocenters. The van der Waals surface area contributed by atoms with Crippen molar-refractivity contribution < 1.29 is 36.2 Å². The maximum atomic E-state index is 13.0. The number of thioether (sulfide) groups is 1. The summed E-state index contributed by atoms with van der Waals surface area (Å²) in [7, 11) is 0. The van der Waals surface area contributed by atoms with E-state index in [9.17, 15) is 9.90 Å². The number of esters is 1. The fourth-order valence-corrected chi connectivity index (χ4v) is 5.07. The van der Waals surface area contributed by atoms with E-state index in [4.69, 9.17) is 4.74 Å². The van der Waals surface area contributed by atoms with Crippen LogP contribution < -0.4 is 21.5 Å². The van der Waals surface area contributed by atoms with E-state index in [0.717, 1.165) is 24.4 Å². The Morgan fingerprint density at radius 1 is 1.18 bits per heavy atom. The number of benzene rings is 2. The number of carbonyl (C=O) groups is 1. The second kappa shape index (κ2) is 11.7. The van der Waals surface area contributed by atoms with Crippen molar-refractivity contribution >= 4 is 17.7 Å². The van der Waals surface area contributed by atoms with Crippen molar-refractivity contribution in [3.8, 4) is 0 Å². The summed E-state index contributed by atoms with van der Waals surface area (Å²) < 4.78 is 9.97. The van der Waals surface area contributed by atoms with Crippen molar-refractivity contribution in [3.05, 3.63) is 101 Å². The van der Waals surface area contributed by atoms with Gasteiger partial charge in [-0.25, -0.2) is 9.13 Å². The van der Waals surface area contributed by atoms with Crippen LogP contribution in [-0.2, 0) is 29.0 Å². The zero-order valence-electron chi connectivity index (χ0n) is 18.6. The number of hydrogen-bond donors (Lipinski definition) is 1. The molecule has 33 heavy (non-hydrogen) atoms. The Kier molecular flexibility index (Phi) is 8.95. The van der Waals surface area contributed by atoms with Crippen molar-refractivity contribution in [2.45, 2.75) is 43.7 Å². The maximum absolute atomic E-state index is 13.0. The molecule has 1 aromatic heterocycles. The number of rotatable bonds is 9. The van der Waals surface area contributed by atoms with Gasteiger partial charge in [0, 0.05) is 19.8 Å². The Bertz CT molecular complexity index is 1060. The lowest BCUT2D eigenvalue weighted by atomic mass is 9.91. The van der Waals surface area contributed by atoms with Gasteiger partial charge in [0.15, 0.2) is 0 Å². The third-order valence-corrected chi connectivity index (χ3v) is 7.06. The highest BCUT2D eigenvalue weighted by Crippen LogP contribution is 2.45. The number of aromatic nitrogens is 2. The highest BCUT2D eigenvalue weighted by Gasteiger charge is 2.44. The van der Waals surface area contributed by atoms with E-state index < -0.39 is 16.8 Å².